The molecule has 0 unspecified atom stereocenters. The van der Waals surface area contributed by atoms with Gasteiger partial charge in [0.2, 0.25) is 0 Å². The Kier molecular flexibility index (Phi) is 5.83. The molecular formula is C20H16ClN3O3S. The Hall–Kier alpha value is -3.08. The Morgan fingerprint density at radius 3 is 2.75 bits per heavy atom. The molecule has 0 aromatic heterocycles. The summed E-state index contributed by atoms with van der Waals surface area (Å²) in [6, 6.07) is 12.4. The molecule has 0 saturated carbocycles. The van der Waals surface area contributed by atoms with Crippen LogP contribution in [0.1, 0.15) is 11.1 Å². The van der Waals surface area contributed by atoms with E-state index in [1.807, 2.05) is 19.1 Å². The molecule has 0 aliphatic carbocycles. The number of carbonyl (C=O) groups is 1. The fourth-order valence-electron chi connectivity index (χ4n) is 2.66. The molecule has 1 heterocycles. The molecule has 0 atom stereocenters. The summed E-state index contributed by atoms with van der Waals surface area (Å²) in [5.41, 5.74) is 2.55. The fourth-order valence-corrected chi connectivity index (χ4v) is 3.13. The highest BCUT2D eigenvalue weighted by atomic mass is 35.5. The van der Waals surface area contributed by atoms with Crippen LogP contribution in [-0.4, -0.2) is 24.7 Å². The predicted octanol–water partition coefficient (Wildman–Crippen LogP) is 3.82. The number of carbonyl (C=O) groups excluding carboxylic acids is 1. The van der Waals surface area contributed by atoms with Gasteiger partial charge in [0.15, 0.2) is 23.2 Å². The van der Waals surface area contributed by atoms with Crippen LogP contribution in [0.25, 0.3) is 6.08 Å². The average Bonchev–Trinajstić information content (AvgIpc) is 2.96. The Morgan fingerprint density at radius 1 is 1.29 bits per heavy atom. The summed E-state index contributed by atoms with van der Waals surface area (Å²) in [5, 5.41) is 12.4. The minimum atomic E-state index is -0.284. The van der Waals surface area contributed by atoms with E-state index in [0.29, 0.717) is 33.5 Å². The summed E-state index contributed by atoms with van der Waals surface area (Å²) in [6.07, 6.45) is 1.67. The van der Waals surface area contributed by atoms with Gasteiger partial charge in [0.05, 0.1) is 12.8 Å². The number of aryl methyl sites for hydroxylation is 1. The second-order valence-electron chi connectivity index (χ2n) is 5.92. The van der Waals surface area contributed by atoms with Crippen molar-refractivity contribution < 1.29 is 14.3 Å². The predicted molar refractivity (Wildman–Crippen MR) is 111 cm³/mol. The van der Waals surface area contributed by atoms with Crippen LogP contribution >= 0.6 is 23.8 Å². The maximum Gasteiger partial charge on any atom is 0.281 e. The van der Waals surface area contributed by atoms with E-state index in [1.165, 1.54) is 12.0 Å². The Balaban J connectivity index is 1.89. The van der Waals surface area contributed by atoms with Gasteiger partial charge in [-0.2, -0.15) is 5.26 Å². The summed E-state index contributed by atoms with van der Waals surface area (Å²) in [5.74, 6) is 0.622. The number of thiocarbonyl (C=S) groups is 1. The molecular weight excluding hydrogens is 398 g/mol. The zero-order valence-electron chi connectivity index (χ0n) is 15.2. The topological polar surface area (TPSA) is 74.6 Å². The maximum atomic E-state index is 12.9. The van der Waals surface area contributed by atoms with E-state index in [2.05, 4.69) is 5.32 Å². The lowest BCUT2D eigenvalue weighted by molar-refractivity contribution is -0.113. The van der Waals surface area contributed by atoms with Gasteiger partial charge in [0.1, 0.15) is 11.8 Å². The number of anilines is 1. The molecule has 6 nitrogen and oxygen atoms in total. The summed E-state index contributed by atoms with van der Waals surface area (Å²) in [4.78, 5) is 14.2. The normalized spacial score (nSPS) is 14.8. The number of halogens is 1. The summed E-state index contributed by atoms with van der Waals surface area (Å²) in [7, 11) is 1.50. The van der Waals surface area contributed by atoms with E-state index < -0.39 is 0 Å². The number of methoxy groups -OCH3 is 1. The molecule has 0 spiro atoms. The van der Waals surface area contributed by atoms with Crippen molar-refractivity contribution in [2.75, 3.05) is 18.6 Å². The third-order valence-corrected chi connectivity index (χ3v) is 4.77. The molecule has 0 radical (unpaired) electrons. The van der Waals surface area contributed by atoms with Crippen LogP contribution in [0, 0.1) is 18.3 Å². The third-order valence-electron chi connectivity index (χ3n) is 4.08. The van der Waals surface area contributed by atoms with Crippen LogP contribution in [0.4, 0.5) is 5.69 Å². The monoisotopic (exact) mass is 413 g/mol. The largest absolute Gasteiger partial charge is 0.493 e. The van der Waals surface area contributed by atoms with Gasteiger partial charge in [-0.3, -0.25) is 9.69 Å². The number of hydrogen-bond donors (Lipinski definition) is 1. The van der Waals surface area contributed by atoms with Gasteiger partial charge in [-0.1, -0.05) is 23.7 Å². The Morgan fingerprint density at radius 2 is 2.07 bits per heavy atom. The molecule has 142 valence electrons. The van der Waals surface area contributed by atoms with Gasteiger partial charge in [-0.15, -0.1) is 0 Å². The summed E-state index contributed by atoms with van der Waals surface area (Å²) >= 11 is 11.5. The third kappa shape index (κ3) is 3.93. The second-order valence-corrected chi connectivity index (χ2v) is 6.71. The standard InChI is InChI=1S/C20H16ClN3O3S/c1-12-3-5-14(11-15(12)21)24-19(25)16(23-20(24)28)9-13-4-6-17(27-8-7-22)18(10-13)26-2/h3-6,9-11H,8H2,1-2H3,(H,23,28)/b16-9-. The van der Waals surface area contributed by atoms with Gasteiger partial charge in [-0.25, -0.2) is 0 Å². The molecule has 2 aromatic carbocycles. The molecule has 1 saturated heterocycles. The van der Waals surface area contributed by atoms with E-state index >= 15 is 0 Å². The lowest BCUT2D eigenvalue weighted by Crippen LogP contribution is -2.30. The van der Waals surface area contributed by atoms with Crippen LogP contribution in [0.15, 0.2) is 42.1 Å². The zero-order valence-corrected chi connectivity index (χ0v) is 16.7. The Bertz CT molecular complexity index is 1030. The van der Waals surface area contributed by atoms with Crippen LogP contribution in [0.5, 0.6) is 11.5 Å². The summed E-state index contributed by atoms with van der Waals surface area (Å²) < 4.78 is 10.6. The van der Waals surface area contributed by atoms with Crippen molar-refractivity contribution in [3.8, 4) is 17.6 Å². The zero-order chi connectivity index (χ0) is 20.3. The van der Waals surface area contributed by atoms with Crippen LogP contribution in [-0.2, 0) is 4.79 Å². The molecule has 1 aliphatic heterocycles. The van der Waals surface area contributed by atoms with E-state index in [9.17, 15) is 4.79 Å². The molecule has 28 heavy (non-hydrogen) atoms. The number of hydrogen-bond acceptors (Lipinski definition) is 5. The maximum absolute atomic E-state index is 12.9. The van der Waals surface area contributed by atoms with Crippen molar-refractivity contribution in [1.29, 1.82) is 5.26 Å². The lowest BCUT2D eigenvalue weighted by Gasteiger charge is -2.14. The number of benzene rings is 2. The van der Waals surface area contributed by atoms with Crippen molar-refractivity contribution in [3.05, 3.63) is 58.2 Å². The number of nitrogens with one attached hydrogen (secondary N) is 1. The van der Waals surface area contributed by atoms with Gasteiger partial charge in [-0.05, 0) is 60.6 Å². The molecule has 1 amide bonds. The number of rotatable bonds is 5. The first-order valence-corrected chi connectivity index (χ1v) is 9.04. The van der Waals surface area contributed by atoms with Crippen LogP contribution < -0.4 is 19.7 Å². The van der Waals surface area contributed by atoms with Crippen molar-refractivity contribution in [1.82, 2.24) is 5.32 Å². The van der Waals surface area contributed by atoms with Crippen molar-refractivity contribution in [2.45, 2.75) is 6.92 Å². The van der Waals surface area contributed by atoms with Crippen molar-refractivity contribution in [2.24, 2.45) is 0 Å². The minimum Gasteiger partial charge on any atom is -0.493 e. The van der Waals surface area contributed by atoms with E-state index in [1.54, 1.807) is 36.4 Å². The molecule has 2 aromatic rings. The molecule has 1 N–H and O–H groups in total. The number of ether oxygens (including phenoxy) is 2. The SMILES string of the molecule is COc1cc(/C=C2\NC(=S)N(c3ccc(C)c(Cl)c3)C2=O)ccc1OCC#N. The van der Waals surface area contributed by atoms with Gasteiger partial charge in [0, 0.05) is 5.02 Å². The number of nitriles is 1. The van der Waals surface area contributed by atoms with Crippen molar-refractivity contribution >= 4 is 46.6 Å². The second kappa shape index (κ2) is 8.30. The highest BCUT2D eigenvalue weighted by Crippen LogP contribution is 2.30. The average molecular weight is 414 g/mol. The van der Waals surface area contributed by atoms with Gasteiger partial charge in [0.25, 0.3) is 5.91 Å². The van der Waals surface area contributed by atoms with Gasteiger partial charge >= 0.3 is 0 Å². The highest BCUT2D eigenvalue weighted by molar-refractivity contribution is 7.80. The molecule has 8 heteroatoms. The van der Waals surface area contributed by atoms with E-state index in [-0.39, 0.29) is 17.6 Å². The van der Waals surface area contributed by atoms with Crippen LogP contribution in [0.2, 0.25) is 5.02 Å². The van der Waals surface area contributed by atoms with Gasteiger partial charge < -0.3 is 14.8 Å². The molecule has 1 fully saturated rings. The van der Waals surface area contributed by atoms with Crippen LogP contribution in [0.3, 0.4) is 0 Å². The fraction of sp³-hybridized carbons (Fsp3) is 0.150. The van der Waals surface area contributed by atoms with E-state index in [4.69, 9.17) is 38.6 Å². The minimum absolute atomic E-state index is 0.0841. The number of amides is 1. The highest BCUT2D eigenvalue weighted by Gasteiger charge is 2.32. The molecule has 1 aliphatic rings. The molecule has 3 rings (SSSR count). The van der Waals surface area contributed by atoms with E-state index in [0.717, 1.165) is 5.56 Å². The first-order chi connectivity index (χ1) is 13.4. The van der Waals surface area contributed by atoms with Crippen molar-refractivity contribution in [3.63, 3.8) is 0 Å². The lowest BCUT2D eigenvalue weighted by atomic mass is 10.1. The number of nitrogens with zero attached hydrogens (tertiary/aromatic N) is 2. The first kappa shape index (κ1) is 19.7. The quantitative estimate of drug-likeness (QED) is 0.593. The first-order valence-electron chi connectivity index (χ1n) is 8.25. The Labute approximate surface area is 172 Å². The smallest absolute Gasteiger partial charge is 0.281 e. The molecule has 0 bridgehead atoms. The summed E-state index contributed by atoms with van der Waals surface area (Å²) in [6.45, 7) is 1.80.